The summed E-state index contributed by atoms with van der Waals surface area (Å²) in [6.45, 7) is 10.2. The van der Waals surface area contributed by atoms with Crippen molar-refractivity contribution in [3.05, 3.63) is 42.0 Å². The van der Waals surface area contributed by atoms with Crippen molar-refractivity contribution in [2.24, 2.45) is 0 Å². The third-order valence-corrected chi connectivity index (χ3v) is 4.82. The Morgan fingerprint density at radius 3 is 2.56 bits per heavy atom. The zero-order valence-electron chi connectivity index (χ0n) is 15.2. The van der Waals surface area contributed by atoms with Gasteiger partial charge in [-0.2, -0.15) is 0 Å². The predicted molar refractivity (Wildman–Crippen MR) is 96.1 cm³/mol. The highest BCUT2D eigenvalue weighted by atomic mass is 16.6. The normalized spacial score (nSPS) is 29.2. The Hall–Kier alpha value is -1.85. The Morgan fingerprint density at radius 1 is 1.36 bits per heavy atom. The van der Waals surface area contributed by atoms with E-state index in [0.29, 0.717) is 26.1 Å². The van der Waals surface area contributed by atoms with Crippen LogP contribution in [0.25, 0.3) is 6.08 Å². The van der Waals surface area contributed by atoms with E-state index in [0.717, 1.165) is 11.1 Å². The fourth-order valence-corrected chi connectivity index (χ4v) is 3.78. The lowest BCUT2D eigenvalue weighted by Gasteiger charge is -2.51. The van der Waals surface area contributed by atoms with Crippen molar-refractivity contribution >= 4 is 12.2 Å². The molecule has 1 aromatic carbocycles. The minimum absolute atomic E-state index is 0.195. The van der Waals surface area contributed by atoms with Crippen LogP contribution >= 0.6 is 0 Å². The molecule has 0 radical (unpaired) electrons. The molecule has 2 atom stereocenters. The molecule has 5 heteroatoms. The SMILES string of the molecule is C=Cc1cccc(C2(O)CC3COCC(C2)N3C(=O)OC(C)(C)C)c1. The summed E-state index contributed by atoms with van der Waals surface area (Å²) in [6.07, 6.45) is 2.31. The van der Waals surface area contributed by atoms with Crippen LogP contribution < -0.4 is 0 Å². The van der Waals surface area contributed by atoms with Gasteiger partial charge in [-0.3, -0.25) is 4.90 Å². The number of benzene rings is 1. The Labute approximate surface area is 149 Å². The molecule has 2 unspecified atom stereocenters. The van der Waals surface area contributed by atoms with Gasteiger partial charge in [0.2, 0.25) is 0 Å². The van der Waals surface area contributed by atoms with E-state index < -0.39 is 11.2 Å². The van der Waals surface area contributed by atoms with Crippen LogP contribution in [0.3, 0.4) is 0 Å². The van der Waals surface area contributed by atoms with E-state index in [4.69, 9.17) is 9.47 Å². The number of fused-ring (bicyclic) bond motifs is 2. The Morgan fingerprint density at radius 2 is 2.00 bits per heavy atom. The van der Waals surface area contributed by atoms with Crippen LogP contribution in [0.1, 0.15) is 44.7 Å². The van der Waals surface area contributed by atoms with Crippen molar-refractivity contribution in [3.63, 3.8) is 0 Å². The van der Waals surface area contributed by atoms with Crippen molar-refractivity contribution in [2.45, 2.75) is 56.9 Å². The first-order chi connectivity index (χ1) is 11.7. The molecular formula is C20H27NO4. The average Bonchev–Trinajstić information content (AvgIpc) is 2.52. The summed E-state index contributed by atoms with van der Waals surface area (Å²) in [5.74, 6) is 0. The van der Waals surface area contributed by atoms with E-state index in [9.17, 15) is 9.90 Å². The Kier molecular flexibility index (Phi) is 4.64. The smallest absolute Gasteiger partial charge is 0.410 e. The molecule has 3 rings (SSSR count). The number of aliphatic hydroxyl groups is 1. The van der Waals surface area contributed by atoms with Crippen LogP contribution in [-0.4, -0.2) is 47.0 Å². The summed E-state index contributed by atoms with van der Waals surface area (Å²) < 4.78 is 11.2. The van der Waals surface area contributed by atoms with Gasteiger partial charge in [0.25, 0.3) is 0 Å². The highest BCUT2D eigenvalue weighted by Crippen LogP contribution is 2.41. The molecule has 2 aliphatic heterocycles. The first-order valence-electron chi connectivity index (χ1n) is 8.76. The fourth-order valence-electron chi connectivity index (χ4n) is 3.78. The quantitative estimate of drug-likeness (QED) is 0.893. The molecule has 2 saturated heterocycles. The average molecular weight is 345 g/mol. The second kappa shape index (κ2) is 6.46. The number of piperidine rings is 1. The molecule has 2 aliphatic rings. The van der Waals surface area contributed by atoms with Gasteiger partial charge in [0, 0.05) is 12.8 Å². The van der Waals surface area contributed by atoms with Gasteiger partial charge in [0.15, 0.2) is 0 Å². The number of ether oxygens (including phenoxy) is 2. The van der Waals surface area contributed by atoms with Gasteiger partial charge >= 0.3 is 6.09 Å². The molecule has 0 spiro atoms. The fraction of sp³-hybridized carbons (Fsp3) is 0.550. The van der Waals surface area contributed by atoms with E-state index in [1.165, 1.54) is 0 Å². The summed E-state index contributed by atoms with van der Waals surface area (Å²) in [6, 6.07) is 7.40. The Bertz CT molecular complexity index is 650. The van der Waals surface area contributed by atoms with Crippen LogP contribution in [0.4, 0.5) is 4.79 Å². The minimum atomic E-state index is -0.976. The van der Waals surface area contributed by atoms with Crippen molar-refractivity contribution in [3.8, 4) is 0 Å². The van der Waals surface area contributed by atoms with Crippen molar-refractivity contribution in [2.75, 3.05) is 13.2 Å². The second-order valence-electron chi connectivity index (χ2n) is 8.00. The number of amides is 1. The monoisotopic (exact) mass is 345 g/mol. The standard InChI is InChI=1S/C20H27NO4/c1-5-14-7-6-8-15(9-14)20(23)10-16-12-24-13-17(11-20)21(16)18(22)25-19(2,3)4/h5-9,16-17,23H,1,10-13H2,2-4H3. The van der Waals surface area contributed by atoms with Gasteiger partial charge in [-0.05, 0) is 38.0 Å². The summed E-state index contributed by atoms with van der Waals surface area (Å²) >= 11 is 0. The molecular weight excluding hydrogens is 318 g/mol. The molecule has 1 amide bonds. The van der Waals surface area contributed by atoms with Crippen LogP contribution in [0, 0.1) is 0 Å². The summed E-state index contributed by atoms with van der Waals surface area (Å²) in [7, 11) is 0. The van der Waals surface area contributed by atoms with Crippen LogP contribution in [0.5, 0.6) is 0 Å². The van der Waals surface area contributed by atoms with Gasteiger partial charge in [-0.25, -0.2) is 4.79 Å². The number of hydrogen-bond donors (Lipinski definition) is 1. The maximum Gasteiger partial charge on any atom is 0.410 e. The summed E-state index contributed by atoms with van der Waals surface area (Å²) in [5, 5.41) is 11.3. The molecule has 5 nitrogen and oxygen atoms in total. The number of carbonyl (C=O) groups is 1. The Balaban J connectivity index is 1.85. The molecule has 0 saturated carbocycles. The van der Waals surface area contributed by atoms with Crippen molar-refractivity contribution in [1.82, 2.24) is 4.90 Å². The number of hydrogen-bond acceptors (Lipinski definition) is 4. The lowest BCUT2D eigenvalue weighted by molar-refractivity contribution is -0.141. The van der Waals surface area contributed by atoms with Gasteiger partial charge in [-0.15, -0.1) is 0 Å². The molecule has 0 aromatic heterocycles. The first kappa shape index (κ1) is 18.0. The number of carbonyl (C=O) groups excluding carboxylic acids is 1. The molecule has 2 bridgehead atoms. The van der Waals surface area contributed by atoms with E-state index >= 15 is 0 Å². The molecule has 0 aliphatic carbocycles. The van der Waals surface area contributed by atoms with E-state index in [1.807, 2.05) is 45.0 Å². The van der Waals surface area contributed by atoms with Crippen LogP contribution in [0.15, 0.2) is 30.8 Å². The lowest BCUT2D eigenvalue weighted by Crippen LogP contribution is -2.63. The largest absolute Gasteiger partial charge is 0.444 e. The van der Waals surface area contributed by atoms with E-state index in [2.05, 4.69) is 6.58 Å². The van der Waals surface area contributed by atoms with Crippen molar-refractivity contribution < 1.29 is 19.4 Å². The second-order valence-corrected chi connectivity index (χ2v) is 8.00. The third-order valence-electron chi connectivity index (χ3n) is 4.82. The molecule has 25 heavy (non-hydrogen) atoms. The molecule has 2 heterocycles. The summed E-state index contributed by atoms with van der Waals surface area (Å²) in [4.78, 5) is 14.4. The molecule has 1 N–H and O–H groups in total. The lowest BCUT2D eigenvalue weighted by atomic mass is 9.76. The van der Waals surface area contributed by atoms with E-state index in [1.54, 1.807) is 11.0 Å². The van der Waals surface area contributed by atoms with Gasteiger partial charge < -0.3 is 14.6 Å². The zero-order valence-corrected chi connectivity index (χ0v) is 15.2. The van der Waals surface area contributed by atoms with E-state index in [-0.39, 0.29) is 18.2 Å². The summed E-state index contributed by atoms with van der Waals surface area (Å²) in [5.41, 5.74) is 0.321. The first-order valence-corrected chi connectivity index (χ1v) is 8.76. The zero-order chi connectivity index (χ0) is 18.2. The van der Waals surface area contributed by atoms with Crippen LogP contribution in [0.2, 0.25) is 0 Å². The third kappa shape index (κ3) is 3.72. The maximum absolute atomic E-state index is 12.6. The molecule has 2 fully saturated rings. The molecule has 136 valence electrons. The maximum atomic E-state index is 12.6. The highest BCUT2D eigenvalue weighted by Gasteiger charge is 2.49. The topological polar surface area (TPSA) is 59.0 Å². The van der Waals surface area contributed by atoms with Crippen molar-refractivity contribution in [1.29, 1.82) is 0 Å². The number of rotatable bonds is 2. The molecule has 1 aromatic rings. The number of morpholine rings is 1. The van der Waals surface area contributed by atoms with Gasteiger partial charge in [-0.1, -0.05) is 30.9 Å². The van der Waals surface area contributed by atoms with Crippen LogP contribution in [-0.2, 0) is 15.1 Å². The van der Waals surface area contributed by atoms with Gasteiger partial charge in [0.1, 0.15) is 5.60 Å². The minimum Gasteiger partial charge on any atom is -0.444 e. The highest BCUT2D eigenvalue weighted by molar-refractivity contribution is 5.69. The predicted octanol–water partition coefficient (Wildman–Crippen LogP) is 3.32. The van der Waals surface area contributed by atoms with Gasteiger partial charge in [0.05, 0.1) is 30.9 Å². The number of nitrogens with zero attached hydrogens (tertiary/aromatic N) is 1.